The van der Waals surface area contributed by atoms with Crippen LogP contribution < -0.4 is 0 Å². The number of hydrogen-bond acceptors (Lipinski definition) is 4. The number of amides is 2. The average Bonchev–Trinajstić information content (AvgIpc) is 3.41. The van der Waals surface area contributed by atoms with Crippen LogP contribution in [0.4, 0.5) is 4.79 Å². The quantitative estimate of drug-likeness (QED) is 0.128. The highest BCUT2D eigenvalue weighted by molar-refractivity contribution is 6.08. The fourth-order valence-electron chi connectivity index (χ4n) is 7.78. The molecular weight excluding hydrogens is 596 g/mol. The monoisotopic (exact) mass is 642 g/mol. The predicted molar refractivity (Wildman–Crippen MR) is 188 cm³/mol. The van der Waals surface area contributed by atoms with Crippen molar-refractivity contribution in [1.29, 1.82) is 0 Å². The number of carbonyl (C=O) groups is 3. The summed E-state index contributed by atoms with van der Waals surface area (Å²) in [4.78, 5) is 48.2. The summed E-state index contributed by atoms with van der Waals surface area (Å²) in [5.41, 5.74) is 3.02. The van der Waals surface area contributed by atoms with Crippen molar-refractivity contribution in [2.24, 2.45) is 17.8 Å². The number of esters is 1. The van der Waals surface area contributed by atoms with Crippen LogP contribution in [-0.4, -0.2) is 45.8 Å². The van der Waals surface area contributed by atoms with Gasteiger partial charge in [0.25, 0.3) is 0 Å². The number of carbonyl (C=O) groups excluding carboxylic acids is 3. The fraction of sp³-hybridized carbons (Fsp3) is 0.357. The van der Waals surface area contributed by atoms with Gasteiger partial charge in [0.05, 0.1) is 12.1 Å². The van der Waals surface area contributed by atoms with Crippen LogP contribution in [0.5, 0.6) is 0 Å². The summed E-state index contributed by atoms with van der Waals surface area (Å²) in [7, 11) is 0. The maximum absolute atomic E-state index is 15.2. The van der Waals surface area contributed by atoms with Gasteiger partial charge in [-0.05, 0) is 54.2 Å². The first kappa shape index (κ1) is 33.2. The number of nitrogens with zero attached hydrogens (tertiary/aromatic N) is 2. The second-order valence-electron chi connectivity index (χ2n) is 13.8. The molecule has 6 heteroatoms. The van der Waals surface area contributed by atoms with Crippen LogP contribution in [0.15, 0.2) is 121 Å². The van der Waals surface area contributed by atoms with Gasteiger partial charge >= 0.3 is 12.0 Å². The molecule has 1 saturated carbocycles. The Morgan fingerprint density at radius 3 is 1.69 bits per heavy atom. The van der Waals surface area contributed by atoms with Gasteiger partial charge in [-0.25, -0.2) is 9.59 Å². The lowest BCUT2D eigenvalue weighted by molar-refractivity contribution is -0.161. The minimum atomic E-state index is -1.17. The van der Waals surface area contributed by atoms with E-state index in [1.807, 2.05) is 116 Å². The van der Waals surface area contributed by atoms with Crippen LogP contribution in [0, 0.1) is 17.8 Å². The Morgan fingerprint density at radius 2 is 1.17 bits per heavy atom. The summed E-state index contributed by atoms with van der Waals surface area (Å²) >= 11 is 0. The second-order valence-corrected chi connectivity index (χ2v) is 13.8. The molecule has 6 rings (SSSR count). The zero-order chi connectivity index (χ0) is 33.8. The zero-order valence-corrected chi connectivity index (χ0v) is 28.3. The molecule has 6 nitrogen and oxygen atoms in total. The maximum atomic E-state index is 15.2. The summed E-state index contributed by atoms with van der Waals surface area (Å²) < 4.78 is 6.53. The molecule has 0 N–H and O–H groups in total. The van der Waals surface area contributed by atoms with E-state index in [4.69, 9.17) is 4.74 Å². The van der Waals surface area contributed by atoms with Gasteiger partial charge in [0.2, 0.25) is 0 Å². The van der Waals surface area contributed by atoms with E-state index in [9.17, 15) is 9.59 Å². The molecule has 2 fully saturated rings. The maximum Gasteiger partial charge on any atom is 0.331 e. The first-order valence-corrected chi connectivity index (χ1v) is 17.3. The van der Waals surface area contributed by atoms with Crippen LogP contribution in [0.25, 0.3) is 0 Å². The SMILES string of the molecule is CC1CCC(C(C)C)C(OC(=O)C2C(C(=O)c3ccccc3)N(C(c3ccccc3)c3ccccc3)C(=O)N2[C@H](C)c2ccccc2)C1. The van der Waals surface area contributed by atoms with Gasteiger partial charge in [-0.15, -0.1) is 0 Å². The number of Topliss-reactive ketones (excluding diaryl/α,β-unsaturated/α-hetero) is 1. The van der Waals surface area contributed by atoms with Gasteiger partial charge < -0.3 is 14.5 Å². The topological polar surface area (TPSA) is 66.9 Å². The van der Waals surface area contributed by atoms with E-state index >= 15 is 4.79 Å². The third-order valence-corrected chi connectivity index (χ3v) is 10.3. The number of urea groups is 1. The van der Waals surface area contributed by atoms with Gasteiger partial charge in [-0.3, -0.25) is 4.79 Å². The zero-order valence-electron chi connectivity index (χ0n) is 28.3. The molecule has 0 radical (unpaired) electrons. The Kier molecular flexibility index (Phi) is 10.1. The summed E-state index contributed by atoms with van der Waals surface area (Å²) in [5, 5.41) is 0. The van der Waals surface area contributed by atoms with Gasteiger partial charge in [-0.1, -0.05) is 149 Å². The highest BCUT2D eigenvalue weighted by atomic mass is 16.5. The Balaban J connectivity index is 1.53. The number of benzene rings is 4. The third-order valence-electron chi connectivity index (χ3n) is 10.3. The minimum absolute atomic E-state index is 0.211. The smallest absolute Gasteiger partial charge is 0.331 e. The van der Waals surface area contributed by atoms with Gasteiger partial charge in [-0.2, -0.15) is 0 Å². The normalized spacial score (nSPS) is 23.4. The fourth-order valence-corrected chi connectivity index (χ4v) is 7.78. The summed E-state index contributed by atoms with van der Waals surface area (Å²) in [6, 6.07) is 34.4. The summed E-state index contributed by atoms with van der Waals surface area (Å²) in [5.74, 6) is 0.151. The van der Waals surface area contributed by atoms with Crippen molar-refractivity contribution < 1.29 is 19.1 Å². The van der Waals surface area contributed by atoms with Crippen molar-refractivity contribution in [3.05, 3.63) is 144 Å². The molecule has 2 aliphatic rings. The molecular formula is C42H46N2O4. The lowest BCUT2D eigenvalue weighted by atomic mass is 9.75. The van der Waals surface area contributed by atoms with Crippen LogP contribution in [0.1, 0.15) is 86.1 Å². The van der Waals surface area contributed by atoms with E-state index < -0.39 is 30.1 Å². The van der Waals surface area contributed by atoms with Gasteiger partial charge in [0, 0.05) is 5.56 Å². The molecule has 0 bridgehead atoms. The average molecular weight is 643 g/mol. The van der Waals surface area contributed by atoms with E-state index in [1.165, 1.54) is 0 Å². The molecule has 0 spiro atoms. The van der Waals surface area contributed by atoms with E-state index in [0.29, 0.717) is 17.4 Å². The van der Waals surface area contributed by atoms with E-state index in [0.717, 1.165) is 36.0 Å². The van der Waals surface area contributed by atoms with Gasteiger partial charge in [0.1, 0.15) is 12.1 Å². The Hall–Kier alpha value is -4.71. The highest BCUT2D eigenvalue weighted by Gasteiger charge is 2.58. The minimum Gasteiger partial charge on any atom is -0.460 e. The molecule has 1 aliphatic heterocycles. The van der Waals surface area contributed by atoms with Crippen molar-refractivity contribution in [1.82, 2.24) is 9.80 Å². The first-order valence-electron chi connectivity index (χ1n) is 17.3. The molecule has 2 amide bonds. The molecule has 0 aromatic heterocycles. The molecule has 5 unspecified atom stereocenters. The van der Waals surface area contributed by atoms with E-state index in [-0.39, 0.29) is 23.8 Å². The highest BCUT2D eigenvalue weighted by Crippen LogP contribution is 2.43. The van der Waals surface area contributed by atoms with Gasteiger partial charge in [0.15, 0.2) is 11.8 Å². The Bertz CT molecular complexity index is 1640. The number of ether oxygens (including phenoxy) is 1. The molecule has 1 saturated heterocycles. The van der Waals surface area contributed by atoms with Crippen molar-refractivity contribution >= 4 is 17.8 Å². The number of ketones is 1. The molecule has 1 aliphatic carbocycles. The predicted octanol–water partition coefficient (Wildman–Crippen LogP) is 8.90. The van der Waals surface area contributed by atoms with Crippen LogP contribution >= 0.6 is 0 Å². The molecule has 4 aromatic rings. The number of rotatable bonds is 10. The summed E-state index contributed by atoms with van der Waals surface area (Å²) in [6.45, 7) is 8.49. The molecule has 6 atom stereocenters. The van der Waals surface area contributed by atoms with Crippen LogP contribution in [-0.2, 0) is 9.53 Å². The molecule has 4 aromatic carbocycles. The van der Waals surface area contributed by atoms with Crippen molar-refractivity contribution in [2.45, 2.75) is 77.2 Å². The van der Waals surface area contributed by atoms with Crippen LogP contribution in [0.3, 0.4) is 0 Å². The number of hydrogen-bond donors (Lipinski definition) is 0. The lowest BCUT2D eigenvalue weighted by Crippen LogP contribution is -2.51. The van der Waals surface area contributed by atoms with Crippen molar-refractivity contribution in [3.8, 4) is 0 Å². The molecule has 48 heavy (non-hydrogen) atoms. The second kappa shape index (κ2) is 14.6. The molecule has 1 heterocycles. The summed E-state index contributed by atoms with van der Waals surface area (Å²) in [6.07, 6.45) is 2.55. The van der Waals surface area contributed by atoms with Crippen molar-refractivity contribution in [3.63, 3.8) is 0 Å². The standard InChI is InChI=1S/C42H46N2O4/c1-28(2)35-26-25-29(3)27-36(35)48-41(46)39-38(40(45)34-23-15-8-16-24-34)44(42(47)43(39)30(4)31-17-9-5-10-18-31)37(32-19-11-6-12-20-32)33-21-13-7-14-22-33/h5-24,28-30,35-39H,25-27H2,1-4H3/t29?,30-,35?,36?,38?,39?/m1/s1. The van der Waals surface area contributed by atoms with E-state index in [2.05, 4.69) is 20.8 Å². The Morgan fingerprint density at radius 1 is 0.667 bits per heavy atom. The van der Waals surface area contributed by atoms with E-state index in [1.54, 1.807) is 21.9 Å². The first-order chi connectivity index (χ1) is 23.3. The van der Waals surface area contributed by atoms with Crippen LogP contribution in [0.2, 0.25) is 0 Å². The Labute approximate surface area is 284 Å². The lowest BCUT2D eigenvalue weighted by Gasteiger charge is -2.38. The molecule has 248 valence electrons. The van der Waals surface area contributed by atoms with Crippen molar-refractivity contribution in [2.75, 3.05) is 0 Å². The largest absolute Gasteiger partial charge is 0.460 e. The third kappa shape index (κ3) is 6.66.